The Balaban J connectivity index is 1.39. The van der Waals surface area contributed by atoms with Gasteiger partial charge in [0.25, 0.3) is 0 Å². The lowest BCUT2D eigenvalue weighted by molar-refractivity contribution is 0.296. The summed E-state index contributed by atoms with van der Waals surface area (Å²) in [4.78, 5) is 0. The van der Waals surface area contributed by atoms with Crippen LogP contribution in [-0.2, 0) is 0 Å². The Bertz CT molecular complexity index is 1940. The minimum Gasteiger partial charge on any atom is -0.493 e. The smallest absolute Gasteiger partial charge is 0.127 e. The van der Waals surface area contributed by atoms with Crippen LogP contribution in [-0.4, -0.2) is 13.2 Å². The van der Waals surface area contributed by atoms with E-state index in [-0.39, 0.29) is 0 Å². The molecular formula is C48H48O2. The predicted molar refractivity (Wildman–Crippen MR) is 213 cm³/mol. The summed E-state index contributed by atoms with van der Waals surface area (Å²) in [6, 6.07) is 39.3. The number of ether oxygens (including phenoxy) is 2. The molecule has 7 rings (SSSR count). The van der Waals surface area contributed by atoms with Crippen LogP contribution in [0, 0.1) is 0 Å². The van der Waals surface area contributed by atoms with Crippen molar-refractivity contribution in [2.45, 2.75) is 65.2 Å². The molecule has 0 N–H and O–H groups in total. The summed E-state index contributed by atoms with van der Waals surface area (Å²) < 4.78 is 13.5. The minimum atomic E-state index is 0.684. The van der Waals surface area contributed by atoms with Crippen molar-refractivity contribution in [1.82, 2.24) is 0 Å². The highest BCUT2D eigenvalue weighted by Gasteiger charge is 2.24. The molecule has 0 fully saturated rings. The molecule has 2 nitrogen and oxygen atoms in total. The maximum absolute atomic E-state index is 6.74. The van der Waals surface area contributed by atoms with Gasteiger partial charge >= 0.3 is 0 Å². The van der Waals surface area contributed by atoms with Crippen LogP contribution in [0.5, 0.6) is 11.5 Å². The molecule has 0 bridgehead atoms. The summed E-state index contributed by atoms with van der Waals surface area (Å²) in [6.45, 7) is 5.88. The maximum Gasteiger partial charge on any atom is 0.127 e. The van der Waals surface area contributed by atoms with Crippen LogP contribution in [0.15, 0.2) is 109 Å². The zero-order valence-corrected chi connectivity index (χ0v) is 29.6. The molecule has 0 amide bonds. The van der Waals surface area contributed by atoms with Crippen LogP contribution >= 0.6 is 0 Å². The van der Waals surface area contributed by atoms with Gasteiger partial charge in [-0.05, 0) is 92.8 Å². The first kappa shape index (κ1) is 33.4. The molecule has 0 spiro atoms. The molecule has 0 aliphatic heterocycles. The normalized spacial score (nSPS) is 12.4. The van der Waals surface area contributed by atoms with Crippen molar-refractivity contribution in [3.8, 4) is 22.6 Å². The van der Waals surface area contributed by atoms with Crippen molar-refractivity contribution in [1.29, 1.82) is 0 Å². The van der Waals surface area contributed by atoms with E-state index in [4.69, 9.17) is 9.47 Å². The van der Waals surface area contributed by atoms with Gasteiger partial charge in [-0.2, -0.15) is 0 Å². The molecule has 0 saturated heterocycles. The number of unbranched alkanes of at least 4 members (excludes halogenated alkanes) is 6. The highest BCUT2D eigenvalue weighted by molar-refractivity contribution is 6.07. The van der Waals surface area contributed by atoms with E-state index in [0.29, 0.717) is 13.2 Å². The van der Waals surface area contributed by atoms with Gasteiger partial charge in [0.05, 0.1) is 13.2 Å². The van der Waals surface area contributed by atoms with Crippen molar-refractivity contribution in [2.24, 2.45) is 0 Å². The highest BCUT2D eigenvalue weighted by Crippen LogP contribution is 2.46. The Labute approximate surface area is 298 Å². The van der Waals surface area contributed by atoms with E-state index >= 15 is 0 Å². The first-order valence-electron chi connectivity index (χ1n) is 18.7. The standard InChI is InChI=1S/C48H48O2/c1-3-5-7-17-29-49-47-34-38(32-46-43-25-15-13-23-41(43)42-24-14-16-26-44(42)46)48(50-30-18-8-6-4-2)33-37(47)31-45-39-21-11-9-19-35(39)27-28-36-20-10-12-22-40(36)45/h9-16,19-28,31-34H,3-8,17-18,29-30H2,1-2H3. The monoisotopic (exact) mass is 656 g/mol. The van der Waals surface area contributed by atoms with Gasteiger partial charge in [0.15, 0.2) is 0 Å². The van der Waals surface area contributed by atoms with Crippen LogP contribution in [0.2, 0.25) is 0 Å². The van der Waals surface area contributed by atoms with Gasteiger partial charge < -0.3 is 9.47 Å². The SMILES string of the molecule is CCCCCCOc1cc(C=C2c3ccccc3-c3ccccc32)c(OCCCCCC)cc1C=C1c2ccccc2C=Cc2ccccc21. The lowest BCUT2D eigenvalue weighted by Crippen LogP contribution is -2.03. The summed E-state index contributed by atoms with van der Waals surface area (Å²) in [5, 5.41) is 0. The summed E-state index contributed by atoms with van der Waals surface area (Å²) in [7, 11) is 0. The first-order chi connectivity index (χ1) is 24.7. The van der Waals surface area contributed by atoms with Gasteiger partial charge in [0, 0.05) is 11.1 Å². The fourth-order valence-electron chi connectivity index (χ4n) is 7.26. The van der Waals surface area contributed by atoms with E-state index in [1.54, 1.807) is 0 Å². The summed E-state index contributed by atoms with van der Waals surface area (Å²) in [5.41, 5.74) is 14.5. The van der Waals surface area contributed by atoms with Crippen LogP contribution < -0.4 is 9.47 Å². The van der Waals surface area contributed by atoms with E-state index in [0.717, 1.165) is 35.5 Å². The summed E-state index contributed by atoms with van der Waals surface area (Å²) in [5.74, 6) is 1.79. The van der Waals surface area contributed by atoms with Crippen LogP contribution in [0.1, 0.15) is 110 Å². The molecule has 0 atom stereocenters. The molecule has 0 heterocycles. The number of fused-ring (bicyclic) bond motifs is 5. The van der Waals surface area contributed by atoms with Gasteiger partial charge in [0.2, 0.25) is 0 Å². The van der Waals surface area contributed by atoms with Gasteiger partial charge in [-0.3, -0.25) is 0 Å². The number of rotatable bonds is 14. The molecule has 5 aromatic rings. The Hall–Kier alpha value is -5.08. The van der Waals surface area contributed by atoms with E-state index in [2.05, 4.69) is 147 Å². The molecule has 5 aromatic carbocycles. The molecule has 2 heteroatoms. The van der Waals surface area contributed by atoms with Crippen LogP contribution in [0.3, 0.4) is 0 Å². The predicted octanol–water partition coefficient (Wildman–Crippen LogP) is 13.2. The highest BCUT2D eigenvalue weighted by atomic mass is 16.5. The number of hydrogen-bond donors (Lipinski definition) is 0. The molecule has 0 aromatic heterocycles. The fourth-order valence-corrected chi connectivity index (χ4v) is 7.26. The van der Waals surface area contributed by atoms with Gasteiger partial charge in [-0.15, -0.1) is 0 Å². The molecule has 0 saturated carbocycles. The maximum atomic E-state index is 6.74. The van der Waals surface area contributed by atoms with E-state index in [1.807, 2.05) is 0 Å². The summed E-state index contributed by atoms with van der Waals surface area (Å²) in [6.07, 6.45) is 18.4. The van der Waals surface area contributed by atoms with Crippen LogP contribution in [0.4, 0.5) is 0 Å². The molecule has 2 aliphatic rings. The Morgan fingerprint density at radius 2 is 0.800 bits per heavy atom. The average molecular weight is 657 g/mol. The topological polar surface area (TPSA) is 18.5 Å². The second-order valence-corrected chi connectivity index (χ2v) is 13.5. The first-order valence-corrected chi connectivity index (χ1v) is 18.7. The Kier molecular flexibility index (Phi) is 10.8. The van der Waals surface area contributed by atoms with E-state index < -0.39 is 0 Å². The number of hydrogen-bond acceptors (Lipinski definition) is 2. The van der Waals surface area contributed by atoms with Crippen molar-refractivity contribution < 1.29 is 9.47 Å². The molecule has 50 heavy (non-hydrogen) atoms. The molecule has 252 valence electrons. The molecular weight excluding hydrogens is 609 g/mol. The quantitative estimate of drug-likeness (QED) is 0.108. The Morgan fingerprint density at radius 1 is 0.420 bits per heavy atom. The lowest BCUT2D eigenvalue weighted by atomic mass is 9.91. The third kappa shape index (κ3) is 7.26. The zero-order chi connectivity index (χ0) is 34.1. The van der Waals surface area contributed by atoms with Gasteiger partial charge in [0.1, 0.15) is 11.5 Å². The third-order valence-corrected chi connectivity index (χ3v) is 9.92. The lowest BCUT2D eigenvalue weighted by Gasteiger charge is -2.18. The molecule has 2 aliphatic carbocycles. The molecule has 0 radical (unpaired) electrons. The van der Waals surface area contributed by atoms with Gasteiger partial charge in [-0.25, -0.2) is 0 Å². The zero-order valence-electron chi connectivity index (χ0n) is 29.6. The average Bonchev–Trinajstić information content (AvgIpc) is 3.37. The third-order valence-electron chi connectivity index (χ3n) is 9.92. The fraction of sp³-hybridized carbons (Fsp3) is 0.250. The van der Waals surface area contributed by atoms with Crippen molar-refractivity contribution >= 4 is 35.5 Å². The number of benzene rings is 5. The van der Waals surface area contributed by atoms with Gasteiger partial charge in [-0.1, -0.05) is 162 Å². The summed E-state index contributed by atoms with van der Waals surface area (Å²) >= 11 is 0. The second-order valence-electron chi connectivity index (χ2n) is 13.5. The van der Waals surface area contributed by atoms with E-state index in [9.17, 15) is 0 Å². The van der Waals surface area contributed by atoms with Crippen LogP contribution in [0.25, 0.3) is 46.6 Å². The molecule has 0 unspecified atom stereocenters. The Morgan fingerprint density at radius 3 is 1.24 bits per heavy atom. The van der Waals surface area contributed by atoms with Crippen molar-refractivity contribution in [3.63, 3.8) is 0 Å². The minimum absolute atomic E-state index is 0.684. The largest absolute Gasteiger partial charge is 0.493 e. The second kappa shape index (κ2) is 16.1. The van der Waals surface area contributed by atoms with E-state index in [1.165, 1.54) is 94.2 Å². The van der Waals surface area contributed by atoms with Crippen molar-refractivity contribution in [2.75, 3.05) is 13.2 Å². The van der Waals surface area contributed by atoms with Crippen molar-refractivity contribution in [3.05, 3.63) is 154 Å².